The molecule has 27 heteroatoms. The summed E-state index contributed by atoms with van der Waals surface area (Å²) in [5, 5.41) is 75.9. The van der Waals surface area contributed by atoms with Crippen LogP contribution in [0.1, 0.15) is 155 Å². The van der Waals surface area contributed by atoms with Crippen LogP contribution in [0.4, 0.5) is 9.59 Å². The molecule has 2 aliphatic rings. The van der Waals surface area contributed by atoms with Crippen molar-refractivity contribution in [2.75, 3.05) is 26.2 Å². The minimum Gasteiger partial charge on any atom is -0.481 e. The van der Waals surface area contributed by atoms with Gasteiger partial charge in [-0.15, -0.1) is 0 Å². The standard InChI is InChI=1S/C49H79N9O18/c1-3-51-35(59)16-13-29-26-34(54-38(62)12-4-7-23-50)41-48(2,21-19-36(60)52-24-8-5-10-30(42(67)68)55-46(75)57-32(44(71)72)14-17-39(63)64)28-49(41,27-29)22-20-37(61)53-25-9-6-11-31(43(69)70)56-47(76)58-33(45(73)74)15-18-40(65)66/h29-33H,3-28,50H2,1-2H3,(H,51,59)(H,52,60)(H,53,61)(H,54,62)(H,63,64)(H,65,66)(H,67,68)(H,69,70)(H,71,72)(H,73,74)(H2,55,57,75)(H2,56,58,76). The van der Waals surface area contributed by atoms with Gasteiger partial charge in [0.15, 0.2) is 0 Å². The molecule has 0 aliphatic heterocycles. The zero-order valence-corrected chi connectivity index (χ0v) is 43.4. The fourth-order valence-electron chi connectivity index (χ4n) is 10.1. The van der Waals surface area contributed by atoms with E-state index >= 15 is 0 Å². The van der Waals surface area contributed by atoms with Crippen LogP contribution >= 0.6 is 0 Å². The molecule has 1 saturated carbocycles. The molecule has 0 aromatic heterocycles. The quantitative estimate of drug-likeness (QED) is 0.0388. The van der Waals surface area contributed by atoms with Crippen molar-refractivity contribution in [2.45, 2.75) is 179 Å². The molecule has 76 heavy (non-hydrogen) atoms. The lowest BCUT2D eigenvalue weighted by Gasteiger charge is -2.62. The van der Waals surface area contributed by atoms with Crippen molar-refractivity contribution < 1.29 is 88.2 Å². The number of rotatable bonds is 39. The van der Waals surface area contributed by atoms with Crippen LogP contribution in [0.5, 0.6) is 0 Å². The van der Waals surface area contributed by atoms with Crippen molar-refractivity contribution in [1.29, 1.82) is 0 Å². The predicted octanol–water partition coefficient (Wildman–Crippen LogP) is 1.48. The van der Waals surface area contributed by atoms with Gasteiger partial charge in [-0.3, -0.25) is 28.8 Å². The van der Waals surface area contributed by atoms with Gasteiger partial charge in [-0.25, -0.2) is 28.8 Å². The van der Waals surface area contributed by atoms with Gasteiger partial charge in [-0.2, -0.15) is 0 Å². The van der Waals surface area contributed by atoms with Gasteiger partial charge < -0.3 is 78.9 Å². The highest BCUT2D eigenvalue weighted by atomic mass is 16.4. The minimum atomic E-state index is -1.56. The molecule has 0 saturated heterocycles. The Kier molecular flexibility index (Phi) is 28.3. The summed E-state index contributed by atoms with van der Waals surface area (Å²) in [7, 11) is 0. The molecular weight excluding hydrogens is 1000 g/mol. The van der Waals surface area contributed by atoms with Gasteiger partial charge in [0.2, 0.25) is 23.6 Å². The molecule has 0 aromatic carbocycles. The lowest BCUT2D eigenvalue weighted by atomic mass is 9.42. The van der Waals surface area contributed by atoms with Crippen molar-refractivity contribution in [1.82, 2.24) is 42.5 Å². The van der Waals surface area contributed by atoms with E-state index in [1.54, 1.807) is 0 Å². The first kappa shape index (κ1) is 65.1. The molecule has 428 valence electrons. The number of hydrogen-bond acceptors (Lipinski definition) is 13. The van der Waals surface area contributed by atoms with Crippen LogP contribution < -0.4 is 48.3 Å². The van der Waals surface area contributed by atoms with E-state index in [1.807, 2.05) is 13.8 Å². The van der Waals surface area contributed by atoms with Crippen LogP contribution in [0.3, 0.4) is 0 Å². The van der Waals surface area contributed by atoms with Crippen molar-refractivity contribution >= 4 is 71.5 Å². The summed E-state index contributed by atoms with van der Waals surface area (Å²) in [5.74, 6) is -9.22. The molecule has 2 rings (SSSR count). The molecule has 27 nitrogen and oxygen atoms in total. The molecule has 8 amide bonds. The fourth-order valence-corrected chi connectivity index (χ4v) is 10.1. The van der Waals surface area contributed by atoms with E-state index in [4.69, 9.17) is 15.9 Å². The van der Waals surface area contributed by atoms with Gasteiger partial charge in [0.05, 0.1) is 0 Å². The topological polar surface area (TPSA) is 448 Å². The molecule has 0 radical (unpaired) electrons. The van der Waals surface area contributed by atoms with E-state index < -0.39 is 109 Å². The third kappa shape index (κ3) is 23.6. The van der Waals surface area contributed by atoms with Crippen LogP contribution in [0.15, 0.2) is 11.3 Å². The first-order valence-corrected chi connectivity index (χ1v) is 25.9. The molecule has 0 heterocycles. The highest BCUT2D eigenvalue weighted by Gasteiger charge is 2.59. The Morgan fingerprint density at radius 3 is 1.42 bits per heavy atom. The van der Waals surface area contributed by atoms with Crippen LogP contribution in [-0.2, 0) is 47.9 Å². The summed E-state index contributed by atoms with van der Waals surface area (Å²) in [6.45, 7) is 5.04. The molecule has 0 bridgehead atoms. The second-order valence-electron chi connectivity index (χ2n) is 19.8. The number of nitrogens with two attached hydrogens (primary N) is 1. The average molecular weight is 1080 g/mol. The molecule has 0 aromatic rings. The minimum absolute atomic E-state index is 0.0324. The zero-order valence-electron chi connectivity index (χ0n) is 43.4. The van der Waals surface area contributed by atoms with E-state index in [9.17, 15) is 78.0 Å². The number of carboxylic acids is 6. The van der Waals surface area contributed by atoms with Gasteiger partial charge in [-0.1, -0.05) is 6.92 Å². The Balaban J connectivity index is 2.14. The third-order valence-corrected chi connectivity index (χ3v) is 13.6. The maximum absolute atomic E-state index is 13.4. The Morgan fingerprint density at radius 2 is 0.987 bits per heavy atom. The average Bonchev–Trinajstić information content (AvgIpc) is 3.32. The molecule has 2 aliphatic carbocycles. The second-order valence-corrected chi connectivity index (χ2v) is 19.8. The molecule has 0 spiro atoms. The molecule has 7 unspecified atom stereocenters. The maximum atomic E-state index is 13.4. The summed E-state index contributed by atoms with van der Waals surface area (Å²) in [6, 6.07) is -8.12. The van der Waals surface area contributed by atoms with Gasteiger partial charge in [0.1, 0.15) is 24.2 Å². The van der Waals surface area contributed by atoms with Gasteiger partial charge in [-0.05, 0) is 139 Å². The van der Waals surface area contributed by atoms with Gasteiger partial charge >= 0.3 is 47.9 Å². The number of nitrogens with one attached hydrogen (secondary N) is 8. The number of carboxylic acid groups (broad SMARTS) is 6. The van der Waals surface area contributed by atoms with Crippen molar-refractivity contribution in [2.24, 2.45) is 22.5 Å². The smallest absolute Gasteiger partial charge is 0.326 e. The Labute approximate surface area is 440 Å². The summed E-state index contributed by atoms with van der Waals surface area (Å²) < 4.78 is 0. The largest absolute Gasteiger partial charge is 0.481 e. The van der Waals surface area contributed by atoms with E-state index in [-0.39, 0.29) is 94.0 Å². The summed E-state index contributed by atoms with van der Waals surface area (Å²) in [5.41, 5.74) is 6.19. The van der Waals surface area contributed by atoms with E-state index in [0.717, 1.165) is 5.57 Å². The van der Waals surface area contributed by atoms with E-state index in [2.05, 4.69) is 42.5 Å². The van der Waals surface area contributed by atoms with Gasteiger partial charge in [0, 0.05) is 63.9 Å². The van der Waals surface area contributed by atoms with Crippen LogP contribution in [0.25, 0.3) is 0 Å². The molecule has 16 N–H and O–H groups in total. The number of carbonyl (C=O) groups excluding carboxylic acids is 6. The molecular formula is C49H79N9O18. The number of hydrogen-bond donors (Lipinski definition) is 15. The highest BCUT2D eigenvalue weighted by Crippen LogP contribution is 2.69. The van der Waals surface area contributed by atoms with Crippen molar-refractivity contribution in [3.63, 3.8) is 0 Å². The first-order chi connectivity index (χ1) is 35.8. The Bertz CT molecular complexity index is 2110. The number of unbranched alkanes of at least 4 members (excludes halogenated alkanes) is 3. The van der Waals surface area contributed by atoms with E-state index in [1.165, 1.54) is 0 Å². The summed E-state index contributed by atoms with van der Waals surface area (Å²) in [6.07, 6.45) is 3.85. The SMILES string of the molecule is CCNC(=O)CCC1CC(NC(=O)CCCCN)=C2C(C)(CCC(=O)NCCCCC(NC(=O)NC(CCC(=O)O)C(=O)O)C(=O)O)CC2(CCC(=O)NCCCCC(NC(=O)NC(CCC(=O)O)C(=O)O)C(=O)O)C1. The monoisotopic (exact) mass is 1080 g/mol. The first-order valence-electron chi connectivity index (χ1n) is 25.9. The zero-order chi connectivity index (χ0) is 57.0. The number of aliphatic carboxylic acids is 6. The normalized spacial score (nSPS) is 19.1. The molecule has 1 fully saturated rings. The third-order valence-electron chi connectivity index (χ3n) is 13.6. The predicted molar refractivity (Wildman–Crippen MR) is 269 cm³/mol. The number of fused-ring (bicyclic) bond motifs is 1. The van der Waals surface area contributed by atoms with Crippen LogP contribution in [0, 0.1) is 16.7 Å². The maximum Gasteiger partial charge on any atom is 0.326 e. The van der Waals surface area contributed by atoms with Crippen molar-refractivity contribution in [3.8, 4) is 0 Å². The Hall–Kier alpha value is -7.06. The number of amides is 8. The second kappa shape index (κ2) is 33.1. The number of allylic oxidation sites excluding steroid dienone is 2. The summed E-state index contributed by atoms with van der Waals surface area (Å²) >= 11 is 0. The van der Waals surface area contributed by atoms with Crippen LogP contribution in [-0.4, -0.2) is 152 Å². The summed E-state index contributed by atoms with van der Waals surface area (Å²) in [4.78, 5) is 146. The number of carbonyl (C=O) groups is 12. The van der Waals surface area contributed by atoms with Crippen LogP contribution in [0.2, 0.25) is 0 Å². The number of urea groups is 2. The van der Waals surface area contributed by atoms with E-state index in [0.29, 0.717) is 83.0 Å². The fraction of sp³-hybridized carbons (Fsp3) is 0.714. The van der Waals surface area contributed by atoms with Gasteiger partial charge in [0.25, 0.3) is 0 Å². The van der Waals surface area contributed by atoms with Crippen molar-refractivity contribution in [3.05, 3.63) is 11.3 Å². The Morgan fingerprint density at radius 1 is 0.539 bits per heavy atom. The lowest BCUT2D eigenvalue weighted by molar-refractivity contribution is -0.142. The lowest BCUT2D eigenvalue weighted by Crippen LogP contribution is -2.54. The molecule has 7 atom stereocenters. The highest BCUT2D eigenvalue weighted by molar-refractivity contribution is 5.87.